The second-order valence-corrected chi connectivity index (χ2v) is 5.35. The van der Waals surface area contributed by atoms with Gasteiger partial charge in [-0.15, -0.1) is 0 Å². The Morgan fingerprint density at radius 1 is 1.63 bits per heavy atom. The van der Waals surface area contributed by atoms with Gasteiger partial charge in [-0.2, -0.15) is 5.10 Å². The number of carbonyl (C=O) groups excluding carboxylic acids is 1. The van der Waals surface area contributed by atoms with E-state index in [1.54, 1.807) is 10.9 Å². The minimum atomic E-state index is -0.0205. The molecule has 0 spiro atoms. The van der Waals surface area contributed by atoms with Crippen molar-refractivity contribution in [3.63, 3.8) is 0 Å². The molecule has 1 aromatic heterocycles. The lowest BCUT2D eigenvalue weighted by Gasteiger charge is -2.32. The Hall–Kier alpha value is -1.36. The molecule has 1 aliphatic heterocycles. The molecule has 1 aliphatic rings. The first-order valence-electron chi connectivity index (χ1n) is 7.13. The van der Waals surface area contributed by atoms with Gasteiger partial charge in [0.2, 0.25) is 0 Å². The number of rotatable bonds is 4. The summed E-state index contributed by atoms with van der Waals surface area (Å²) < 4.78 is 1.72. The van der Waals surface area contributed by atoms with Gasteiger partial charge in [0, 0.05) is 25.3 Å². The predicted molar refractivity (Wildman–Crippen MR) is 75.1 cm³/mol. The van der Waals surface area contributed by atoms with E-state index in [1.807, 2.05) is 14.0 Å². The molecule has 106 valence electrons. The van der Waals surface area contributed by atoms with Crippen molar-refractivity contribution in [1.82, 2.24) is 20.4 Å². The lowest BCUT2D eigenvalue weighted by Crippen LogP contribution is -2.48. The molecule has 2 atom stereocenters. The molecule has 5 nitrogen and oxygen atoms in total. The van der Waals surface area contributed by atoms with Crippen molar-refractivity contribution in [1.29, 1.82) is 0 Å². The molecular formula is C14H24N4O. The molecule has 0 bridgehead atoms. The molecular weight excluding hydrogens is 240 g/mol. The molecule has 2 unspecified atom stereocenters. The lowest BCUT2D eigenvalue weighted by molar-refractivity contribution is 0.0941. The first-order chi connectivity index (χ1) is 9.13. The maximum Gasteiger partial charge on any atom is 0.254 e. The van der Waals surface area contributed by atoms with Crippen LogP contribution in [0.25, 0.3) is 0 Å². The first kappa shape index (κ1) is 14.1. The van der Waals surface area contributed by atoms with Crippen LogP contribution >= 0.6 is 0 Å². The number of amides is 1. The first-order valence-corrected chi connectivity index (χ1v) is 7.13. The third-order valence-electron chi connectivity index (χ3n) is 4.21. The van der Waals surface area contributed by atoms with Crippen LogP contribution in [0.1, 0.15) is 42.2 Å². The van der Waals surface area contributed by atoms with Crippen LogP contribution in [-0.4, -0.2) is 34.8 Å². The molecule has 0 aromatic carbocycles. The van der Waals surface area contributed by atoms with Gasteiger partial charge in [0.25, 0.3) is 5.91 Å². The van der Waals surface area contributed by atoms with E-state index in [1.165, 1.54) is 19.3 Å². The summed E-state index contributed by atoms with van der Waals surface area (Å²) >= 11 is 0. The summed E-state index contributed by atoms with van der Waals surface area (Å²) in [5.74, 6) is 0.650. The van der Waals surface area contributed by atoms with Crippen molar-refractivity contribution in [2.45, 2.75) is 39.2 Å². The summed E-state index contributed by atoms with van der Waals surface area (Å²) in [6, 6.07) is 0.402. The molecule has 2 N–H and O–H groups in total. The van der Waals surface area contributed by atoms with Gasteiger partial charge in [-0.25, -0.2) is 0 Å². The van der Waals surface area contributed by atoms with Crippen LogP contribution in [0.3, 0.4) is 0 Å². The highest BCUT2D eigenvalue weighted by molar-refractivity contribution is 5.95. The summed E-state index contributed by atoms with van der Waals surface area (Å²) in [4.78, 5) is 12.1. The highest BCUT2D eigenvalue weighted by Crippen LogP contribution is 2.19. The van der Waals surface area contributed by atoms with Crippen molar-refractivity contribution >= 4 is 5.91 Å². The van der Waals surface area contributed by atoms with Gasteiger partial charge in [-0.1, -0.05) is 13.3 Å². The average Bonchev–Trinajstić information content (AvgIpc) is 2.77. The number of hydrogen-bond acceptors (Lipinski definition) is 3. The van der Waals surface area contributed by atoms with Gasteiger partial charge in [0.05, 0.1) is 11.8 Å². The van der Waals surface area contributed by atoms with E-state index in [4.69, 9.17) is 0 Å². The molecule has 0 aliphatic carbocycles. The van der Waals surface area contributed by atoms with E-state index in [9.17, 15) is 4.79 Å². The number of aryl methyl sites for hydroxylation is 1. The minimum absolute atomic E-state index is 0.0205. The SMILES string of the molecule is CCC1CCCNC1CNC(=O)c1cnn(C)c1C. The quantitative estimate of drug-likeness (QED) is 0.860. The normalized spacial score (nSPS) is 23.3. The van der Waals surface area contributed by atoms with E-state index in [0.717, 1.165) is 12.2 Å². The van der Waals surface area contributed by atoms with Crippen molar-refractivity contribution in [2.24, 2.45) is 13.0 Å². The Kier molecular flexibility index (Phi) is 4.58. The van der Waals surface area contributed by atoms with Gasteiger partial charge in [0.1, 0.15) is 0 Å². The van der Waals surface area contributed by atoms with E-state index in [2.05, 4.69) is 22.7 Å². The average molecular weight is 264 g/mol. The number of nitrogens with zero attached hydrogens (tertiary/aromatic N) is 2. The highest BCUT2D eigenvalue weighted by atomic mass is 16.1. The summed E-state index contributed by atoms with van der Waals surface area (Å²) in [7, 11) is 1.85. The molecule has 1 saturated heterocycles. The summed E-state index contributed by atoms with van der Waals surface area (Å²) in [5, 5.41) is 10.6. The summed E-state index contributed by atoms with van der Waals surface area (Å²) in [5.41, 5.74) is 1.58. The zero-order valence-electron chi connectivity index (χ0n) is 12.1. The van der Waals surface area contributed by atoms with Crippen LogP contribution in [0.4, 0.5) is 0 Å². The maximum atomic E-state index is 12.1. The van der Waals surface area contributed by atoms with Gasteiger partial charge in [-0.05, 0) is 32.2 Å². The molecule has 2 heterocycles. The fourth-order valence-corrected chi connectivity index (χ4v) is 2.77. The number of nitrogens with one attached hydrogen (secondary N) is 2. The van der Waals surface area contributed by atoms with Gasteiger partial charge in [-0.3, -0.25) is 9.48 Å². The van der Waals surface area contributed by atoms with E-state index in [0.29, 0.717) is 24.1 Å². The maximum absolute atomic E-state index is 12.1. The van der Waals surface area contributed by atoms with Crippen molar-refractivity contribution in [3.05, 3.63) is 17.5 Å². The number of hydrogen-bond donors (Lipinski definition) is 2. The standard InChI is InChI=1S/C14H24N4O/c1-4-11-6-5-7-15-13(11)9-16-14(19)12-8-17-18(3)10(12)2/h8,11,13,15H,4-7,9H2,1-3H3,(H,16,19). The van der Waals surface area contributed by atoms with Crippen LogP contribution in [-0.2, 0) is 7.05 Å². The second-order valence-electron chi connectivity index (χ2n) is 5.35. The zero-order chi connectivity index (χ0) is 13.8. The van der Waals surface area contributed by atoms with E-state index < -0.39 is 0 Å². The Labute approximate surface area is 114 Å². The van der Waals surface area contributed by atoms with Crippen LogP contribution in [0.15, 0.2) is 6.20 Å². The van der Waals surface area contributed by atoms with Crippen molar-refractivity contribution in [3.8, 4) is 0 Å². The molecule has 1 aromatic rings. The molecule has 2 rings (SSSR count). The fraction of sp³-hybridized carbons (Fsp3) is 0.714. The predicted octanol–water partition coefficient (Wildman–Crippen LogP) is 1.24. The summed E-state index contributed by atoms with van der Waals surface area (Å²) in [6.45, 7) is 5.89. The molecule has 0 saturated carbocycles. The lowest BCUT2D eigenvalue weighted by atomic mass is 9.88. The molecule has 19 heavy (non-hydrogen) atoms. The molecule has 0 radical (unpaired) electrons. The topological polar surface area (TPSA) is 58.9 Å². The van der Waals surface area contributed by atoms with E-state index >= 15 is 0 Å². The Bertz CT molecular complexity index is 441. The number of aromatic nitrogens is 2. The minimum Gasteiger partial charge on any atom is -0.350 e. The van der Waals surface area contributed by atoms with E-state index in [-0.39, 0.29) is 5.91 Å². The zero-order valence-corrected chi connectivity index (χ0v) is 12.1. The van der Waals surface area contributed by atoms with Crippen molar-refractivity contribution < 1.29 is 4.79 Å². The van der Waals surface area contributed by atoms with Crippen molar-refractivity contribution in [2.75, 3.05) is 13.1 Å². The highest BCUT2D eigenvalue weighted by Gasteiger charge is 2.24. The number of piperidine rings is 1. The summed E-state index contributed by atoms with van der Waals surface area (Å²) in [6.07, 6.45) is 5.30. The van der Waals surface area contributed by atoms with Gasteiger partial charge in [0.15, 0.2) is 0 Å². The third-order valence-corrected chi connectivity index (χ3v) is 4.21. The monoisotopic (exact) mass is 264 g/mol. The van der Waals surface area contributed by atoms with Gasteiger partial charge < -0.3 is 10.6 Å². The van der Waals surface area contributed by atoms with Gasteiger partial charge >= 0.3 is 0 Å². The Morgan fingerprint density at radius 2 is 2.42 bits per heavy atom. The number of carbonyl (C=O) groups is 1. The Balaban J connectivity index is 1.91. The fourth-order valence-electron chi connectivity index (χ4n) is 2.77. The second kappa shape index (κ2) is 6.19. The largest absolute Gasteiger partial charge is 0.350 e. The molecule has 1 fully saturated rings. The Morgan fingerprint density at radius 3 is 3.05 bits per heavy atom. The smallest absolute Gasteiger partial charge is 0.254 e. The third kappa shape index (κ3) is 3.15. The van der Waals surface area contributed by atoms with Crippen LogP contribution < -0.4 is 10.6 Å². The van der Waals surface area contributed by atoms with Crippen LogP contribution in [0.5, 0.6) is 0 Å². The van der Waals surface area contributed by atoms with Crippen LogP contribution in [0.2, 0.25) is 0 Å². The van der Waals surface area contributed by atoms with Crippen LogP contribution in [0, 0.1) is 12.8 Å². The molecule has 5 heteroatoms. The molecule has 1 amide bonds.